The van der Waals surface area contributed by atoms with Crippen LogP contribution in [-0.4, -0.2) is 42.6 Å². The maximum Gasteiger partial charge on any atom is 0.336 e. The molecule has 0 radical (unpaired) electrons. The normalized spacial score (nSPS) is 19.0. The highest BCUT2D eigenvalue weighted by Gasteiger charge is 2.42. The third-order valence-corrected chi connectivity index (χ3v) is 6.89. The van der Waals surface area contributed by atoms with E-state index in [1.165, 1.54) is 19.2 Å². The number of rotatable bonds is 8. The predicted molar refractivity (Wildman–Crippen MR) is 138 cm³/mol. The molecule has 0 fully saturated rings. The van der Waals surface area contributed by atoms with Gasteiger partial charge in [-0.2, -0.15) is 0 Å². The second kappa shape index (κ2) is 11.0. The van der Waals surface area contributed by atoms with E-state index in [-0.39, 0.29) is 41.6 Å². The van der Waals surface area contributed by atoms with Gasteiger partial charge in [0, 0.05) is 41.3 Å². The van der Waals surface area contributed by atoms with Crippen molar-refractivity contribution >= 4 is 17.4 Å². The first-order valence-electron chi connectivity index (χ1n) is 12.3. The number of ether oxygens (including phenoxy) is 3. The standard InChI is InChI=1S/C28H30N2O8/c1-5-10-38-28(33)24-15(2)29-19-11-16(18-8-6-7-9-22(18)36-3)13-21(31)26(19)25(24)17-12-20(30(34)35)27(32)23(14-17)37-4/h6-9,12,14,16,25,29,32H,5,10-11,13H2,1-4H3/t16-,25-/m1/s1. The van der Waals surface area contributed by atoms with Gasteiger partial charge in [0.15, 0.2) is 11.5 Å². The molecule has 0 saturated heterocycles. The van der Waals surface area contributed by atoms with Crippen molar-refractivity contribution in [3.8, 4) is 17.2 Å². The second-order valence-electron chi connectivity index (χ2n) is 9.24. The van der Waals surface area contributed by atoms with E-state index in [1.807, 2.05) is 31.2 Å². The Labute approximate surface area is 220 Å². The van der Waals surface area contributed by atoms with Crippen LogP contribution in [-0.2, 0) is 14.3 Å². The molecule has 0 spiro atoms. The van der Waals surface area contributed by atoms with Crippen molar-refractivity contribution in [1.82, 2.24) is 5.32 Å². The number of nitrogens with one attached hydrogen (secondary N) is 1. The van der Waals surface area contributed by atoms with Crippen LogP contribution in [0.3, 0.4) is 0 Å². The number of esters is 1. The minimum absolute atomic E-state index is 0.135. The molecule has 2 aromatic carbocycles. The molecule has 1 aliphatic heterocycles. The number of nitro benzene ring substituents is 1. The molecule has 4 rings (SSSR count). The van der Waals surface area contributed by atoms with E-state index in [1.54, 1.807) is 14.0 Å². The molecule has 0 bridgehead atoms. The van der Waals surface area contributed by atoms with Crippen molar-refractivity contribution in [2.24, 2.45) is 0 Å². The van der Waals surface area contributed by atoms with Crippen LogP contribution in [0.4, 0.5) is 5.69 Å². The van der Waals surface area contributed by atoms with Gasteiger partial charge in [-0.25, -0.2) is 4.79 Å². The monoisotopic (exact) mass is 522 g/mol. The van der Waals surface area contributed by atoms with Crippen LogP contribution in [0, 0.1) is 10.1 Å². The molecule has 0 unspecified atom stereocenters. The van der Waals surface area contributed by atoms with Crippen molar-refractivity contribution in [3.05, 3.63) is 80.2 Å². The first-order valence-corrected chi connectivity index (χ1v) is 12.3. The Morgan fingerprint density at radius 1 is 1.16 bits per heavy atom. The van der Waals surface area contributed by atoms with Gasteiger partial charge in [-0.05, 0) is 43.0 Å². The summed E-state index contributed by atoms with van der Waals surface area (Å²) >= 11 is 0. The zero-order valence-electron chi connectivity index (χ0n) is 21.7. The molecule has 0 saturated carbocycles. The summed E-state index contributed by atoms with van der Waals surface area (Å²) in [6.07, 6.45) is 1.22. The van der Waals surface area contributed by atoms with Crippen molar-refractivity contribution < 1.29 is 33.8 Å². The van der Waals surface area contributed by atoms with Gasteiger partial charge in [-0.3, -0.25) is 14.9 Å². The summed E-state index contributed by atoms with van der Waals surface area (Å²) < 4.78 is 16.2. The number of benzene rings is 2. The summed E-state index contributed by atoms with van der Waals surface area (Å²) in [5.74, 6) is -2.04. The molecule has 200 valence electrons. The van der Waals surface area contributed by atoms with E-state index in [2.05, 4.69) is 5.32 Å². The fraction of sp³-hybridized carbons (Fsp3) is 0.357. The second-order valence-corrected chi connectivity index (χ2v) is 9.24. The number of aromatic hydroxyl groups is 1. The molecular weight excluding hydrogens is 492 g/mol. The van der Waals surface area contributed by atoms with E-state index in [0.29, 0.717) is 35.6 Å². The van der Waals surface area contributed by atoms with Crippen molar-refractivity contribution in [2.75, 3.05) is 20.8 Å². The van der Waals surface area contributed by atoms with Crippen LogP contribution in [0.15, 0.2) is 58.9 Å². The van der Waals surface area contributed by atoms with E-state index in [4.69, 9.17) is 14.2 Å². The van der Waals surface area contributed by atoms with Crippen molar-refractivity contribution in [3.63, 3.8) is 0 Å². The predicted octanol–water partition coefficient (Wildman–Crippen LogP) is 4.63. The van der Waals surface area contributed by atoms with Crippen LogP contribution in [0.25, 0.3) is 0 Å². The lowest BCUT2D eigenvalue weighted by atomic mass is 9.71. The minimum Gasteiger partial charge on any atom is -0.500 e. The fourth-order valence-corrected chi connectivity index (χ4v) is 5.21. The molecule has 2 atom stereocenters. The third-order valence-electron chi connectivity index (χ3n) is 6.89. The number of para-hydroxylation sites is 1. The molecule has 1 aliphatic carbocycles. The lowest BCUT2D eigenvalue weighted by Gasteiger charge is -2.37. The van der Waals surface area contributed by atoms with Gasteiger partial charge >= 0.3 is 11.7 Å². The maximum absolute atomic E-state index is 13.8. The highest BCUT2D eigenvalue weighted by Crippen LogP contribution is 2.49. The number of ketones is 1. The maximum atomic E-state index is 13.8. The Morgan fingerprint density at radius 3 is 2.53 bits per heavy atom. The largest absolute Gasteiger partial charge is 0.500 e. The van der Waals surface area contributed by atoms with Crippen molar-refractivity contribution in [1.29, 1.82) is 0 Å². The molecular formula is C28H30N2O8. The number of dihydropyridines is 1. The average molecular weight is 523 g/mol. The molecule has 2 aromatic rings. The molecule has 10 heteroatoms. The Hall–Kier alpha value is -4.34. The first-order chi connectivity index (χ1) is 18.2. The molecule has 2 aliphatic rings. The number of allylic oxidation sites excluding steroid dienone is 3. The van der Waals surface area contributed by atoms with Crippen LogP contribution in [0.5, 0.6) is 17.2 Å². The van der Waals surface area contributed by atoms with Crippen molar-refractivity contribution in [2.45, 2.75) is 44.9 Å². The number of methoxy groups -OCH3 is 2. The van der Waals surface area contributed by atoms with E-state index in [0.717, 1.165) is 5.56 Å². The van der Waals surface area contributed by atoms with Gasteiger partial charge in [-0.1, -0.05) is 25.1 Å². The van der Waals surface area contributed by atoms with E-state index >= 15 is 0 Å². The van der Waals surface area contributed by atoms with E-state index < -0.39 is 28.2 Å². The Kier molecular flexibility index (Phi) is 7.70. The summed E-state index contributed by atoms with van der Waals surface area (Å²) in [7, 11) is 2.85. The van der Waals surface area contributed by atoms with Gasteiger partial charge in [0.25, 0.3) is 0 Å². The fourth-order valence-electron chi connectivity index (χ4n) is 5.21. The molecule has 0 aromatic heterocycles. The van der Waals surface area contributed by atoms with Crippen LogP contribution in [0.1, 0.15) is 56.1 Å². The van der Waals surface area contributed by atoms with Crippen LogP contribution < -0.4 is 14.8 Å². The van der Waals surface area contributed by atoms with Gasteiger partial charge in [0.1, 0.15) is 5.75 Å². The topological polar surface area (TPSA) is 137 Å². The summed E-state index contributed by atoms with van der Waals surface area (Å²) in [6, 6.07) is 10.1. The third kappa shape index (κ3) is 4.81. The quantitative estimate of drug-likeness (QED) is 0.289. The van der Waals surface area contributed by atoms with Crippen LogP contribution >= 0.6 is 0 Å². The molecule has 10 nitrogen and oxygen atoms in total. The summed E-state index contributed by atoms with van der Waals surface area (Å²) in [5, 5.41) is 25.3. The number of nitro groups is 1. The van der Waals surface area contributed by atoms with Gasteiger partial charge in [0.2, 0.25) is 5.75 Å². The zero-order chi connectivity index (χ0) is 27.6. The Bertz CT molecular complexity index is 1360. The lowest BCUT2D eigenvalue weighted by molar-refractivity contribution is -0.386. The summed E-state index contributed by atoms with van der Waals surface area (Å²) in [5.41, 5.74) is 2.21. The minimum atomic E-state index is -0.949. The number of phenolic OH excluding ortho intramolecular Hbond substituents is 1. The molecule has 1 heterocycles. The average Bonchev–Trinajstić information content (AvgIpc) is 2.90. The highest BCUT2D eigenvalue weighted by molar-refractivity contribution is 6.04. The zero-order valence-corrected chi connectivity index (χ0v) is 21.7. The number of carbonyl (C=O) groups is 2. The lowest BCUT2D eigenvalue weighted by Crippen LogP contribution is -2.36. The molecule has 2 N–H and O–H groups in total. The molecule has 38 heavy (non-hydrogen) atoms. The number of hydrogen-bond donors (Lipinski definition) is 2. The van der Waals surface area contributed by atoms with E-state index in [9.17, 15) is 24.8 Å². The highest BCUT2D eigenvalue weighted by atomic mass is 16.6. The van der Waals surface area contributed by atoms with Gasteiger partial charge in [0.05, 0.1) is 31.3 Å². The Balaban J connectivity index is 1.89. The molecule has 0 amide bonds. The number of phenols is 1. The smallest absolute Gasteiger partial charge is 0.336 e. The number of Topliss-reactive ketones (excluding diaryl/α,β-unsaturated/α-hetero) is 1. The van der Waals surface area contributed by atoms with Gasteiger partial charge in [-0.15, -0.1) is 0 Å². The summed E-state index contributed by atoms with van der Waals surface area (Å²) in [6.45, 7) is 3.75. The van der Waals surface area contributed by atoms with Gasteiger partial charge < -0.3 is 24.6 Å². The number of carbonyl (C=O) groups excluding carboxylic acids is 2. The first kappa shape index (κ1) is 26.7. The van der Waals surface area contributed by atoms with Crippen LogP contribution in [0.2, 0.25) is 0 Å². The number of hydrogen-bond acceptors (Lipinski definition) is 9. The summed E-state index contributed by atoms with van der Waals surface area (Å²) in [4.78, 5) is 38.1. The Morgan fingerprint density at radius 2 is 1.87 bits per heavy atom. The number of nitrogens with zero attached hydrogens (tertiary/aromatic N) is 1. The SMILES string of the molecule is CCCOC(=O)C1=C(C)NC2=C(C(=O)C[C@H](c3ccccc3OC)C2)[C@@H]1c1cc(OC)c(O)c([N+](=O)[O-])c1.